The summed E-state index contributed by atoms with van der Waals surface area (Å²) in [6.45, 7) is 0.751. The molecule has 3 aromatic heterocycles. The second-order valence-electron chi connectivity index (χ2n) is 4.45. The first-order chi connectivity index (χ1) is 10.8. The summed E-state index contributed by atoms with van der Waals surface area (Å²) >= 11 is 1.38. The normalized spacial score (nSPS) is 12.2. The van der Waals surface area contributed by atoms with E-state index >= 15 is 0 Å². The van der Waals surface area contributed by atoms with Crippen molar-refractivity contribution in [3.05, 3.63) is 27.9 Å². The number of hydrogen-bond acceptors (Lipinski definition) is 7. The van der Waals surface area contributed by atoms with Crippen molar-refractivity contribution >= 4 is 17.0 Å². The lowest BCUT2D eigenvalue weighted by Gasteiger charge is -2.07. The van der Waals surface area contributed by atoms with Crippen LogP contribution in [0.3, 0.4) is 0 Å². The van der Waals surface area contributed by atoms with Gasteiger partial charge in [0.15, 0.2) is 5.65 Å². The number of nitrogens with zero attached hydrogens (tertiary/aromatic N) is 6. The molecule has 3 aromatic rings. The molecule has 0 spiro atoms. The van der Waals surface area contributed by atoms with Gasteiger partial charge in [0.05, 0.1) is 13.2 Å². The van der Waals surface area contributed by atoms with Crippen LogP contribution in [0.15, 0.2) is 17.3 Å². The van der Waals surface area contributed by atoms with Crippen LogP contribution in [0, 0.1) is 6.92 Å². The Hall–Kier alpha value is -2.34. The zero-order chi connectivity index (χ0) is 16.6. The Morgan fingerprint density at radius 2 is 2.13 bits per heavy atom. The first-order valence-corrected chi connectivity index (χ1v) is 7.11. The van der Waals surface area contributed by atoms with Crippen molar-refractivity contribution in [3.8, 4) is 10.7 Å². The van der Waals surface area contributed by atoms with Gasteiger partial charge in [-0.25, -0.2) is 19.2 Å². The van der Waals surface area contributed by atoms with Crippen LogP contribution in [-0.2, 0) is 11.3 Å². The molecular weight excluding hydrogens is 337 g/mol. The van der Waals surface area contributed by atoms with Crippen LogP contribution in [-0.4, -0.2) is 42.3 Å². The maximum Gasteiger partial charge on any atom is 0.522 e. The molecule has 0 atom stereocenters. The fourth-order valence-corrected chi connectivity index (χ4v) is 2.60. The Labute approximate surface area is 130 Å². The summed E-state index contributed by atoms with van der Waals surface area (Å²) in [6.07, 6.45) is -1.86. The van der Waals surface area contributed by atoms with Crippen molar-refractivity contribution < 1.29 is 17.9 Å². The van der Waals surface area contributed by atoms with Crippen LogP contribution >= 0.6 is 11.3 Å². The number of aromatic nitrogens is 6. The minimum Gasteiger partial charge on any atom is -0.290 e. The molecule has 0 bridgehead atoms. The maximum absolute atomic E-state index is 12.2. The van der Waals surface area contributed by atoms with E-state index in [9.17, 15) is 18.0 Å². The van der Waals surface area contributed by atoms with Gasteiger partial charge in [-0.05, 0) is 6.92 Å². The van der Waals surface area contributed by atoms with E-state index in [4.69, 9.17) is 0 Å². The fraction of sp³-hybridized carbons (Fsp3) is 0.364. The third-order valence-corrected chi connectivity index (χ3v) is 3.73. The van der Waals surface area contributed by atoms with E-state index in [1.54, 1.807) is 6.20 Å². The van der Waals surface area contributed by atoms with Crippen LogP contribution in [0.25, 0.3) is 16.3 Å². The first kappa shape index (κ1) is 15.6. The number of thiazole rings is 1. The van der Waals surface area contributed by atoms with Crippen molar-refractivity contribution in [2.45, 2.75) is 19.8 Å². The van der Waals surface area contributed by atoms with E-state index in [1.807, 2.05) is 6.92 Å². The average Bonchev–Trinajstić information content (AvgIpc) is 3.06. The molecule has 0 aliphatic heterocycles. The number of imidazole rings is 1. The summed E-state index contributed by atoms with van der Waals surface area (Å²) in [5.41, 5.74) is -0.0727. The topological polar surface area (TPSA) is 87.2 Å². The Bertz CT molecular complexity index is 899. The molecule has 0 aliphatic rings. The summed E-state index contributed by atoms with van der Waals surface area (Å²) in [5.74, 6) is 0. The third-order valence-electron chi connectivity index (χ3n) is 2.81. The molecule has 0 aromatic carbocycles. The van der Waals surface area contributed by atoms with E-state index in [1.165, 1.54) is 17.7 Å². The molecule has 0 amide bonds. The number of halogens is 3. The van der Waals surface area contributed by atoms with Gasteiger partial charge in [0, 0.05) is 11.1 Å². The highest BCUT2D eigenvalue weighted by atomic mass is 32.1. The minimum absolute atomic E-state index is 0.192. The van der Waals surface area contributed by atoms with E-state index in [0.717, 1.165) is 14.0 Å². The smallest absolute Gasteiger partial charge is 0.290 e. The summed E-state index contributed by atoms with van der Waals surface area (Å²) < 4.78 is 41.3. The summed E-state index contributed by atoms with van der Waals surface area (Å²) in [7, 11) is 0. The highest BCUT2D eigenvalue weighted by Crippen LogP contribution is 2.25. The van der Waals surface area contributed by atoms with Crippen molar-refractivity contribution in [1.29, 1.82) is 0 Å². The van der Waals surface area contributed by atoms with Gasteiger partial charge in [-0.1, -0.05) is 5.21 Å². The van der Waals surface area contributed by atoms with Crippen molar-refractivity contribution in [1.82, 2.24) is 29.4 Å². The van der Waals surface area contributed by atoms with Gasteiger partial charge in [0.2, 0.25) is 0 Å². The van der Waals surface area contributed by atoms with E-state index in [0.29, 0.717) is 10.7 Å². The predicted octanol–water partition coefficient (Wildman–Crippen LogP) is 1.25. The maximum atomic E-state index is 12.2. The molecule has 12 heteroatoms. The Morgan fingerprint density at radius 3 is 2.78 bits per heavy atom. The molecule has 8 nitrogen and oxygen atoms in total. The second kappa shape index (κ2) is 5.70. The number of aryl methyl sites for hydroxylation is 1. The van der Waals surface area contributed by atoms with Crippen LogP contribution < -0.4 is 5.69 Å². The molecule has 0 radical (unpaired) electrons. The monoisotopic (exact) mass is 346 g/mol. The molecular formula is C11H9F3N6O2S. The third kappa shape index (κ3) is 3.22. The van der Waals surface area contributed by atoms with Crippen molar-refractivity contribution in [2.75, 3.05) is 6.61 Å². The predicted molar refractivity (Wildman–Crippen MR) is 72.9 cm³/mol. The lowest BCUT2D eigenvalue weighted by molar-refractivity contribution is -0.325. The Kier molecular flexibility index (Phi) is 3.85. The number of rotatable bonds is 4. The van der Waals surface area contributed by atoms with Crippen LogP contribution in [0.4, 0.5) is 13.2 Å². The molecule has 3 rings (SSSR count). The number of hydrogen-bond donors (Lipinski definition) is 0. The number of fused-ring (bicyclic) bond motifs is 1. The number of alkyl halides is 3. The molecule has 0 fully saturated rings. The van der Waals surface area contributed by atoms with Crippen molar-refractivity contribution in [2.24, 2.45) is 0 Å². The van der Waals surface area contributed by atoms with Gasteiger partial charge in [-0.3, -0.25) is 4.74 Å². The van der Waals surface area contributed by atoms with Gasteiger partial charge < -0.3 is 0 Å². The van der Waals surface area contributed by atoms with Crippen LogP contribution in [0.1, 0.15) is 4.88 Å². The van der Waals surface area contributed by atoms with E-state index in [2.05, 4.69) is 25.0 Å². The highest BCUT2D eigenvalue weighted by molar-refractivity contribution is 7.15. The summed E-state index contributed by atoms with van der Waals surface area (Å²) in [5, 5.41) is 8.04. The van der Waals surface area contributed by atoms with E-state index in [-0.39, 0.29) is 12.2 Å². The SMILES string of the molecule is Cc1cnc(-c2ncn3c(=O)n(CCOC(F)(F)F)nnc23)s1. The largest absolute Gasteiger partial charge is 0.522 e. The van der Waals surface area contributed by atoms with Crippen LogP contribution in [0.5, 0.6) is 0 Å². The minimum atomic E-state index is -4.76. The summed E-state index contributed by atoms with van der Waals surface area (Å²) in [4.78, 5) is 21.4. The lowest BCUT2D eigenvalue weighted by atomic mass is 10.5. The molecule has 0 unspecified atom stereocenters. The quantitative estimate of drug-likeness (QED) is 0.707. The van der Waals surface area contributed by atoms with Gasteiger partial charge in [-0.15, -0.1) is 29.6 Å². The lowest BCUT2D eigenvalue weighted by Crippen LogP contribution is -2.32. The molecule has 122 valence electrons. The molecule has 23 heavy (non-hydrogen) atoms. The van der Waals surface area contributed by atoms with Gasteiger partial charge >= 0.3 is 12.1 Å². The zero-order valence-electron chi connectivity index (χ0n) is 11.6. The zero-order valence-corrected chi connectivity index (χ0v) is 12.4. The molecule has 0 saturated heterocycles. The Morgan fingerprint density at radius 1 is 1.35 bits per heavy atom. The molecule has 0 aliphatic carbocycles. The van der Waals surface area contributed by atoms with Gasteiger partial charge in [-0.2, -0.15) is 4.68 Å². The fourth-order valence-electron chi connectivity index (χ4n) is 1.84. The molecule has 0 saturated carbocycles. The standard InChI is InChI=1S/C11H9F3N6O2S/c1-6-4-15-9(23-6)7-8-17-18-20(2-3-22-11(12,13)14)10(21)19(8)5-16-7/h4-5H,2-3H2,1H3. The van der Waals surface area contributed by atoms with E-state index < -0.39 is 18.7 Å². The van der Waals surface area contributed by atoms with Gasteiger partial charge in [0.25, 0.3) is 0 Å². The van der Waals surface area contributed by atoms with Gasteiger partial charge in [0.1, 0.15) is 17.0 Å². The van der Waals surface area contributed by atoms with Crippen LogP contribution in [0.2, 0.25) is 0 Å². The van der Waals surface area contributed by atoms with Crippen molar-refractivity contribution in [3.63, 3.8) is 0 Å². The molecule has 0 N–H and O–H groups in total. The number of ether oxygens (including phenoxy) is 1. The summed E-state index contributed by atoms with van der Waals surface area (Å²) in [6, 6.07) is 0. The Balaban J connectivity index is 1.90. The first-order valence-electron chi connectivity index (χ1n) is 6.29. The second-order valence-corrected chi connectivity index (χ2v) is 5.69. The highest BCUT2D eigenvalue weighted by Gasteiger charge is 2.28. The molecule has 3 heterocycles. The average molecular weight is 346 g/mol.